The van der Waals surface area contributed by atoms with E-state index in [2.05, 4.69) is 10.0 Å². The lowest BCUT2D eigenvalue weighted by Crippen LogP contribution is -2.32. The van der Waals surface area contributed by atoms with Gasteiger partial charge in [0.25, 0.3) is 0 Å². The molecule has 0 spiro atoms. The zero-order valence-electron chi connectivity index (χ0n) is 10.9. The summed E-state index contributed by atoms with van der Waals surface area (Å²) in [6, 6.07) is 12.9. The summed E-state index contributed by atoms with van der Waals surface area (Å²) in [5.74, 6) is -0.959. The molecule has 5 nitrogen and oxygen atoms in total. The Labute approximate surface area is 121 Å². The predicted molar refractivity (Wildman–Crippen MR) is 76.7 cm³/mol. The number of sulfonamides is 1. The van der Waals surface area contributed by atoms with E-state index in [4.69, 9.17) is 0 Å². The number of nitrogens with one attached hydrogen (secondary N) is 2. The fraction of sp³-hybridized carbons (Fsp3) is 0.0714. The van der Waals surface area contributed by atoms with Crippen LogP contribution >= 0.6 is 0 Å². The summed E-state index contributed by atoms with van der Waals surface area (Å²) >= 11 is 0. The largest absolute Gasteiger partial charge is 0.325 e. The summed E-state index contributed by atoms with van der Waals surface area (Å²) in [6.45, 7) is -0.408. The third-order valence-electron chi connectivity index (χ3n) is 2.60. The molecule has 0 aliphatic carbocycles. The summed E-state index contributed by atoms with van der Waals surface area (Å²) in [5, 5.41) is 2.46. The van der Waals surface area contributed by atoms with E-state index in [9.17, 15) is 17.6 Å². The van der Waals surface area contributed by atoms with Gasteiger partial charge in [0.2, 0.25) is 15.9 Å². The maximum atomic E-state index is 12.7. The van der Waals surface area contributed by atoms with E-state index in [1.54, 1.807) is 18.2 Å². The number of anilines is 1. The minimum absolute atomic E-state index is 0.0829. The molecule has 0 radical (unpaired) electrons. The molecule has 0 saturated carbocycles. The van der Waals surface area contributed by atoms with Crippen molar-refractivity contribution in [1.82, 2.24) is 4.72 Å². The van der Waals surface area contributed by atoms with Gasteiger partial charge >= 0.3 is 0 Å². The van der Waals surface area contributed by atoms with Crippen LogP contribution in [0.3, 0.4) is 0 Å². The molecule has 2 rings (SSSR count). The number of hydrogen-bond acceptors (Lipinski definition) is 3. The van der Waals surface area contributed by atoms with Crippen LogP contribution in [-0.4, -0.2) is 20.9 Å². The van der Waals surface area contributed by atoms with Crippen LogP contribution in [0.15, 0.2) is 59.5 Å². The minimum atomic E-state index is -3.73. The molecule has 0 aliphatic heterocycles. The first kappa shape index (κ1) is 15.1. The average molecular weight is 308 g/mol. The molecule has 0 aliphatic rings. The molecule has 0 bridgehead atoms. The van der Waals surface area contributed by atoms with Crippen LogP contribution in [-0.2, 0) is 14.8 Å². The van der Waals surface area contributed by atoms with Crippen molar-refractivity contribution in [2.24, 2.45) is 0 Å². The van der Waals surface area contributed by atoms with E-state index in [0.717, 1.165) is 0 Å². The van der Waals surface area contributed by atoms with Gasteiger partial charge in [0.05, 0.1) is 11.4 Å². The first-order valence-electron chi connectivity index (χ1n) is 6.07. The van der Waals surface area contributed by atoms with Crippen LogP contribution in [0, 0.1) is 5.82 Å². The molecule has 2 aromatic rings. The zero-order valence-corrected chi connectivity index (χ0v) is 11.7. The molecular weight excluding hydrogens is 295 g/mol. The highest BCUT2D eigenvalue weighted by molar-refractivity contribution is 7.89. The standard InChI is InChI=1S/C14H13FN2O3S/c15-11-6-8-12(9-7-11)17-14(18)10-16-21(19,20)13-4-2-1-3-5-13/h1-9,16H,10H2,(H,17,18). The lowest BCUT2D eigenvalue weighted by atomic mass is 10.3. The van der Waals surface area contributed by atoms with Crippen molar-refractivity contribution in [3.05, 3.63) is 60.4 Å². The van der Waals surface area contributed by atoms with Crippen molar-refractivity contribution in [3.63, 3.8) is 0 Å². The van der Waals surface area contributed by atoms with Gasteiger partial charge in [0.1, 0.15) is 5.82 Å². The third-order valence-corrected chi connectivity index (χ3v) is 4.02. The minimum Gasteiger partial charge on any atom is -0.325 e. The van der Waals surface area contributed by atoms with Crippen molar-refractivity contribution in [1.29, 1.82) is 0 Å². The number of halogens is 1. The van der Waals surface area contributed by atoms with Gasteiger partial charge in [-0.05, 0) is 36.4 Å². The highest BCUT2D eigenvalue weighted by Crippen LogP contribution is 2.09. The highest BCUT2D eigenvalue weighted by Gasteiger charge is 2.14. The summed E-state index contributed by atoms with van der Waals surface area (Å²) in [6.07, 6.45) is 0. The Bertz CT molecular complexity index is 716. The summed E-state index contributed by atoms with van der Waals surface area (Å²) in [4.78, 5) is 11.7. The fourth-order valence-corrected chi connectivity index (χ4v) is 2.59. The van der Waals surface area contributed by atoms with Gasteiger partial charge in [0.15, 0.2) is 0 Å². The second-order valence-electron chi connectivity index (χ2n) is 4.19. The number of carbonyl (C=O) groups is 1. The van der Waals surface area contributed by atoms with Crippen molar-refractivity contribution in [2.75, 3.05) is 11.9 Å². The Morgan fingerprint density at radius 1 is 1.00 bits per heavy atom. The predicted octanol–water partition coefficient (Wildman–Crippen LogP) is 1.74. The van der Waals surface area contributed by atoms with Gasteiger partial charge in [-0.15, -0.1) is 0 Å². The van der Waals surface area contributed by atoms with Crippen LogP contribution in [0.1, 0.15) is 0 Å². The molecule has 110 valence electrons. The Kier molecular flexibility index (Phi) is 4.66. The molecular formula is C14H13FN2O3S. The van der Waals surface area contributed by atoms with Crippen LogP contribution in [0.4, 0.5) is 10.1 Å². The Balaban J connectivity index is 1.93. The highest BCUT2D eigenvalue weighted by atomic mass is 32.2. The summed E-state index contributed by atoms with van der Waals surface area (Å²) in [5.41, 5.74) is 0.389. The number of amides is 1. The molecule has 2 aromatic carbocycles. The van der Waals surface area contributed by atoms with E-state index in [0.29, 0.717) is 5.69 Å². The zero-order chi connectivity index (χ0) is 15.3. The Morgan fingerprint density at radius 3 is 2.24 bits per heavy atom. The maximum absolute atomic E-state index is 12.7. The lowest BCUT2D eigenvalue weighted by Gasteiger charge is -2.07. The molecule has 7 heteroatoms. The lowest BCUT2D eigenvalue weighted by molar-refractivity contribution is -0.115. The normalized spacial score (nSPS) is 11.1. The summed E-state index contributed by atoms with van der Waals surface area (Å²) in [7, 11) is -3.73. The van der Waals surface area contributed by atoms with E-state index < -0.39 is 28.3 Å². The molecule has 0 atom stereocenters. The second-order valence-corrected chi connectivity index (χ2v) is 5.96. The fourth-order valence-electron chi connectivity index (χ4n) is 1.58. The van der Waals surface area contributed by atoms with Gasteiger partial charge in [-0.3, -0.25) is 4.79 Å². The number of carbonyl (C=O) groups excluding carboxylic acids is 1. The van der Waals surface area contributed by atoms with Crippen LogP contribution in [0.25, 0.3) is 0 Å². The molecule has 21 heavy (non-hydrogen) atoms. The molecule has 0 aromatic heterocycles. The SMILES string of the molecule is O=C(CNS(=O)(=O)c1ccccc1)Nc1ccc(F)cc1. The van der Waals surface area contributed by atoms with Crippen LogP contribution in [0.5, 0.6) is 0 Å². The van der Waals surface area contributed by atoms with Crippen molar-refractivity contribution in [3.8, 4) is 0 Å². The molecule has 0 unspecified atom stereocenters. The van der Waals surface area contributed by atoms with Crippen molar-refractivity contribution in [2.45, 2.75) is 4.90 Å². The van der Waals surface area contributed by atoms with Gasteiger partial charge in [-0.1, -0.05) is 18.2 Å². The third kappa shape index (κ3) is 4.37. The molecule has 0 saturated heterocycles. The van der Waals surface area contributed by atoms with E-state index >= 15 is 0 Å². The quantitative estimate of drug-likeness (QED) is 0.883. The molecule has 0 fully saturated rings. The van der Waals surface area contributed by atoms with E-state index in [1.807, 2.05) is 0 Å². The molecule has 2 N–H and O–H groups in total. The van der Waals surface area contributed by atoms with Crippen molar-refractivity contribution >= 4 is 21.6 Å². The number of hydrogen-bond donors (Lipinski definition) is 2. The van der Waals surface area contributed by atoms with Gasteiger partial charge < -0.3 is 5.32 Å². The van der Waals surface area contributed by atoms with Crippen LogP contribution in [0.2, 0.25) is 0 Å². The first-order valence-corrected chi connectivity index (χ1v) is 7.56. The maximum Gasteiger partial charge on any atom is 0.241 e. The van der Waals surface area contributed by atoms with Gasteiger partial charge in [-0.25, -0.2) is 17.5 Å². The van der Waals surface area contributed by atoms with Gasteiger partial charge in [-0.2, -0.15) is 0 Å². The summed E-state index contributed by atoms with van der Waals surface area (Å²) < 4.78 is 38.7. The van der Waals surface area contributed by atoms with E-state index in [-0.39, 0.29) is 4.90 Å². The Morgan fingerprint density at radius 2 is 1.62 bits per heavy atom. The topological polar surface area (TPSA) is 75.3 Å². The Hall–Kier alpha value is -2.25. The average Bonchev–Trinajstić information content (AvgIpc) is 2.49. The van der Waals surface area contributed by atoms with E-state index in [1.165, 1.54) is 36.4 Å². The number of benzene rings is 2. The van der Waals surface area contributed by atoms with Crippen LogP contribution < -0.4 is 10.0 Å². The van der Waals surface area contributed by atoms with Gasteiger partial charge in [0, 0.05) is 5.69 Å². The monoisotopic (exact) mass is 308 g/mol. The smallest absolute Gasteiger partial charge is 0.241 e. The molecule has 0 heterocycles. The number of rotatable bonds is 5. The first-order chi connectivity index (χ1) is 9.97. The van der Waals surface area contributed by atoms with Crippen molar-refractivity contribution < 1.29 is 17.6 Å². The molecule has 1 amide bonds. The second kappa shape index (κ2) is 6.47.